The third-order valence-electron chi connectivity index (χ3n) is 2.84. The van der Waals surface area contributed by atoms with Crippen molar-refractivity contribution in [3.63, 3.8) is 0 Å². The zero-order valence-corrected chi connectivity index (χ0v) is 11.2. The molecule has 2 rings (SSSR count). The summed E-state index contributed by atoms with van der Waals surface area (Å²) in [6.07, 6.45) is 2.29. The molecule has 4 heteroatoms. The maximum Gasteiger partial charge on any atom is 0.162 e. The number of hydrogen-bond acceptors (Lipinski definition) is 4. The highest BCUT2D eigenvalue weighted by Gasteiger charge is 2.02. The second-order valence-electron chi connectivity index (χ2n) is 4.30. The Labute approximate surface area is 112 Å². The van der Waals surface area contributed by atoms with Crippen LogP contribution in [-0.4, -0.2) is 15.8 Å². The first-order chi connectivity index (χ1) is 9.19. The highest BCUT2D eigenvalue weighted by Crippen LogP contribution is 2.12. The minimum Gasteiger partial charge on any atom is -0.379 e. The van der Waals surface area contributed by atoms with E-state index in [9.17, 15) is 4.79 Å². The molecule has 0 aliphatic carbocycles. The topological polar surface area (TPSA) is 54.9 Å². The van der Waals surface area contributed by atoms with E-state index in [1.807, 2.05) is 44.2 Å². The van der Waals surface area contributed by atoms with Gasteiger partial charge in [-0.05, 0) is 37.3 Å². The molecule has 0 fully saturated rings. The fourth-order valence-electron chi connectivity index (χ4n) is 1.77. The van der Waals surface area contributed by atoms with Crippen molar-refractivity contribution < 1.29 is 4.79 Å². The van der Waals surface area contributed by atoms with Crippen molar-refractivity contribution in [1.82, 2.24) is 9.97 Å². The van der Waals surface area contributed by atoms with E-state index in [2.05, 4.69) is 15.3 Å². The smallest absolute Gasteiger partial charge is 0.162 e. The molecule has 4 nitrogen and oxygen atoms in total. The average Bonchev–Trinajstić information content (AvgIpc) is 2.45. The second-order valence-corrected chi connectivity index (χ2v) is 4.30. The fraction of sp³-hybridized carbons (Fsp3) is 0.267. The van der Waals surface area contributed by atoms with E-state index in [4.69, 9.17) is 0 Å². The van der Waals surface area contributed by atoms with Crippen LogP contribution in [0, 0.1) is 6.92 Å². The van der Waals surface area contributed by atoms with Gasteiger partial charge < -0.3 is 5.32 Å². The Bertz CT molecular complexity index is 564. The van der Waals surface area contributed by atoms with Gasteiger partial charge in [0, 0.05) is 23.9 Å². The Kier molecular flexibility index (Phi) is 4.23. The van der Waals surface area contributed by atoms with E-state index in [1.165, 1.54) is 0 Å². The first-order valence-electron chi connectivity index (χ1n) is 6.34. The lowest BCUT2D eigenvalue weighted by Gasteiger charge is -2.07. The SMILES string of the molecule is CCC(=O)c1ccc(NCc2ccnc(C)n2)cc1. The average molecular weight is 255 g/mol. The van der Waals surface area contributed by atoms with Crippen LogP contribution in [0.25, 0.3) is 0 Å². The number of benzene rings is 1. The van der Waals surface area contributed by atoms with Crippen molar-refractivity contribution in [3.05, 3.63) is 53.6 Å². The zero-order valence-electron chi connectivity index (χ0n) is 11.2. The number of Topliss-reactive ketones (excluding diaryl/α,β-unsaturated/α-hetero) is 1. The molecule has 0 saturated heterocycles. The maximum atomic E-state index is 11.5. The van der Waals surface area contributed by atoms with Gasteiger partial charge in [0.25, 0.3) is 0 Å². The van der Waals surface area contributed by atoms with Crippen LogP contribution in [0.1, 0.15) is 35.2 Å². The molecule has 0 atom stereocenters. The molecule has 0 aliphatic heterocycles. The number of carbonyl (C=O) groups is 1. The molecule has 1 aromatic carbocycles. The molecule has 0 aliphatic rings. The predicted octanol–water partition coefficient (Wildman–Crippen LogP) is 2.99. The van der Waals surface area contributed by atoms with Gasteiger partial charge in [-0.15, -0.1) is 0 Å². The lowest BCUT2D eigenvalue weighted by atomic mass is 10.1. The fourth-order valence-corrected chi connectivity index (χ4v) is 1.77. The number of hydrogen-bond donors (Lipinski definition) is 1. The van der Waals surface area contributed by atoms with E-state index in [0.29, 0.717) is 13.0 Å². The van der Waals surface area contributed by atoms with Crippen LogP contribution in [0.4, 0.5) is 5.69 Å². The molecule has 0 unspecified atom stereocenters. The molecule has 0 radical (unpaired) electrons. The molecule has 0 bridgehead atoms. The quantitative estimate of drug-likeness (QED) is 0.834. The summed E-state index contributed by atoms with van der Waals surface area (Å²) in [5.74, 6) is 0.932. The molecule has 2 aromatic rings. The van der Waals surface area contributed by atoms with Gasteiger partial charge in [-0.2, -0.15) is 0 Å². The van der Waals surface area contributed by atoms with Gasteiger partial charge in [0.1, 0.15) is 5.82 Å². The molecular weight excluding hydrogens is 238 g/mol. The number of ketones is 1. The summed E-state index contributed by atoms with van der Waals surface area (Å²) >= 11 is 0. The van der Waals surface area contributed by atoms with Crippen molar-refractivity contribution in [3.8, 4) is 0 Å². The largest absolute Gasteiger partial charge is 0.379 e. The second kappa shape index (κ2) is 6.09. The van der Waals surface area contributed by atoms with Gasteiger partial charge in [0.2, 0.25) is 0 Å². The summed E-state index contributed by atoms with van der Waals surface area (Å²) in [6.45, 7) is 4.38. The predicted molar refractivity (Wildman–Crippen MR) is 75.2 cm³/mol. The minimum absolute atomic E-state index is 0.165. The van der Waals surface area contributed by atoms with Crippen molar-refractivity contribution in [1.29, 1.82) is 0 Å². The van der Waals surface area contributed by atoms with Crippen molar-refractivity contribution in [2.45, 2.75) is 26.8 Å². The summed E-state index contributed by atoms with van der Waals surface area (Å²) in [5.41, 5.74) is 2.68. The van der Waals surface area contributed by atoms with Gasteiger partial charge in [0.05, 0.1) is 12.2 Å². The number of anilines is 1. The van der Waals surface area contributed by atoms with E-state index in [0.717, 1.165) is 22.8 Å². The molecule has 1 heterocycles. The summed E-state index contributed by atoms with van der Waals surface area (Å²) in [4.78, 5) is 19.9. The third kappa shape index (κ3) is 3.61. The lowest BCUT2D eigenvalue weighted by molar-refractivity contribution is 0.0988. The number of aryl methyl sites for hydroxylation is 1. The summed E-state index contributed by atoms with van der Waals surface area (Å²) in [6, 6.07) is 9.40. The van der Waals surface area contributed by atoms with Crippen molar-refractivity contribution in [2.24, 2.45) is 0 Å². The van der Waals surface area contributed by atoms with E-state index < -0.39 is 0 Å². The maximum absolute atomic E-state index is 11.5. The molecule has 0 saturated carbocycles. The van der Waals surface area contributed by atoms with Crippen LogP contribution in [0.5, 0.6) is 0 Å². The van der Waals surface area contributed by atoms with Crippen LogP contribution in [0.2, 0.25) is 0 Å². The molecule has 0 amide bonds. The monoisotopic (exact) mass is 255 g/mol. The van der Waals surface area contributed by atoms with E-state index in [-0.39, 0.29) is 5.78 Å². The van der Waals surface area contributed by atoms with Crippen LogP contribution in [0.15, 0.2) is 36.5 Å². The first kappa shape index (κ1) is 13.2. The van der Waals surface area contributed by atoms with Crippen molar-refractivity contribution in [2.75, 3.05) is 5.32 Å². The Balaban J connectivity index is 1.98. The number of rotatable bonds is 5. The number of aromatic nitrogens is 2. The van der Waals surface area contributed by atoms with Gasteiger partial charge in [-0.3, -0.25) is 4.79 Å². The highest BCUT2D eigenvalue weighted by atomic mass is 16.1. The van der Waals surface area contributed by atoms with Gasteiger partial charge in [-0.1, -0.05) is 6.92 Å². The molecular formula is C15H17N3O. The van der Waals surface area contributed by atoms with Crippen LogP contribution < -0.4 is 5.32 Å². The standard InChI is InChI=1S/C15H17N3O/c1-3-15(19)12-4-6-13(7-5-12)17-10-14-8-9-16-11(2)18-14/h4-9,17H,3,10H2,1-2H3. The number of carbonyl (C=O) groups excluding carboxylic acids is 1. The summed E-state index contributed by atoms with van der Waals surface area (Å²) < 4.78 is 0. The number of nitrogens with one attached hydrogen (secondary N) is 1. The Morgan fingerprint density at radius 3 is 2.58 bits per heavy atom. The van der Waals surface area contributed by atoms with E-state index in [1.54, 1.807) is 6.20 Å². The van der Waals surface area contributed by atoms with Crippen LogP contribution in [0.3, 0.4) is 0 Å². The van der Waals surface area contributed by atoms with Gasteiger partial charge in [-0.25, -0.2) is 9.97 Å². The Hall–Kier alpha value is -2.23. The molecule has 98 valence electrons. The molecule has 1 aromatic heterocycles. The lowest BCUT2D eigenvalue weighted by Crippen LogP contribution is -2.03. The van der Waals surface area contributed by atoms with Crippen molar-refractivity contribution >= 4 is 11.5 Å². The zero-order chi connectivity index (χ0) is 13.7. The Morgan fingerprint density at radius 2 is 1.95 bits per heavy atom. The number of nitrogens with zero attached hydrogens (tertiary/aromatic N) is 2. The normalized spacial score (nSPS) is 10.2. The minimum atomic E-state index is 0.165. The van der Waals surface area contributed by atoms with Crippen LogP contribution in [-0.2, 0) is 6.54 Å². The molecule has 19 heavy (non-hydrogen) atoms. The summed E-state index contributed by atoms with van der Waals surface area (Å²) in [5, 5.41) is 3.27. The Morgan fingerprint density at radius 1 is 1.21 bits per heavy atom. The highest BCUT2D eigenvalue weighted by molar-refractivity contribution is 5.96. The van der Waals surface area contributed by atoms with E-state index >= 15 is 0 Å². The first-order valence-corrected chi connectivity index (χ1v) is 6.34. The third-order valence-corrected chi connectivity index (χ3v) is 2.84. The summed E-state index contributed by atoms with van der Waals surface area (Å²) in [7, 11) is 0. The van der Waals surface area contributed by atoms with Gasteiger partial charge >= 0.3 is 0 Å². The molecule has 0 spiro atoms. The molecule has 1 N–H and O–H groups in total. The van der Waals surface area contributed by atoms with Gasteiger partial charge in [0.15, 0.2) is 5.78 Å². The van der Waals surface area contributed by atoms with Crippen LogP contribution >= 0.6 is 0 Å².